The number of ether oxygens (including phenoxy) is 1. The van der Waals surface area contributed by atoms with Crippen LogP contribution in [0.15, 0.2) is 36.4 Å². The fraction of sp³-hybridized carbons (Fsp3) is 0.316. The molecule has 0 unspecified atom stereocenters. The van der Waals surface area contributed by atoms with Crippen LogP contribution in [0.5, 0.6) is 5.75 Å². The Kier molecular flexibility index (Phi) is 4.70. The van der Waals surface area contributed by atoms with Crippen molar-refractivity contribution in [3.05, 3.63) is 47.8 Å². The maximum Gasteiger partial charge on any atom is 0.356 e. The van der Waals surface area contributed by atoms with Gasteiger partial charge in [0.1, 0.15) is 5.75 Å². The lowest BCUT2D eigenvalue weighted by molar-refractivity contribution is 0.0690. The van der Waals surface area contributed by atoms with Crippen molar-refractivity contribution < 1.29 is 14.6 Å². The molecule has 0 saturated heterocycles. The fourth-order valence-corrected chi connectivity index (χ4v) is 2.78. The SMILES string of the molecule is CCC[C@H](C)Oc1ccc(-c2cc(C)n3nc(C(=O)O)cc3n2)cc1. The summed E-state index contributed by atoms with van der Waals surface area (Å²) in [6.45, 7) is 6.08. The van der Waals surface area contributed by atoms with E-state index in [1.807, 2.05) is 37.3 Å². The van der Waals surface area contributed by atoms with E-state index in [1.165, 1.54) is 10.6 Å². The molecule has 0 aliphatic heterocycles. The van der Waals surface area contributed by atoms with Gasteiger partial charge in [0, 0.05) is 17.3 Å². The summed E-state index contributed by atoms with van der Waals surface area (Å²) in [6, 6.07) is 11.1. The second-order valence-electron chi connectivity index (χ2n) is 6.13. The van der Waals surface area contributed by atoms with Gasteiger partial charge in [0.25, 0.3) is 0 Å². The summed E-state index contributed by atoms with van der Waals surface area (Å²) < 4.78 is 7.41. The Labute approximate surface area is 146 Å². The van der Waals surface area contributed by atoms with Crippen LogP contribution >= 0.6 is 0 Å². The minimum Gasteiger partial charge on any atom is -0.491 e. The number of carboxylic acids is 1. The molecule has 0 radical (unpaired) electrons. The minimum absolute atomic E-state index is 0.0126. The van der Waals surface area contributed by atoms with Crippen molar-refractivity contribution in [2.75, 3.05) is 0 Å². The largest absolute Gasteiger partial charge is 0.491 e. The molecule has 25 heavy (non-hydrogen) atoms. The van der Waals surface area contributed by atoms with Gasteiger partial charge in [-0.25, -0.2) is 14.3 Å². The highest BCUT2D eigenvalue weighted by molar-refractivity contribution is 5.86. The van der Waals surface area contributed by atoms with E-state index in [1.54, 1.807) is 0 Å². The van der Waals surface area contributed by atoms with E-state index in [2.05, 4.69) is 23.9 Å². The highest BCUT2D eigenvalue weighted by atomic mass is 16.5. The quantitative estimate of drug-likeness (QED) is 0.735. The van der Waals surface area contributed by atoms with Gasteiger partial charge >= 0.3 is 5.97 Å². The molecule has 0 saturated carbocycles. The molecule has 130 valence electrons. The lowest BCUT2D eigenvalue weighted by Crippen LogP contribution is -2.10. The molecule has 0 amide bonds. The number of aromatic nitrogens is 3. The molecule has 1 atom stereocenters. The van der Waals surface area contributed by atoms with Crippen LogP contribution in [0.4, 0.5) is 0 Å². The molecule has 1 N–H and O–H groups in total. The first-order valence-corrected chi connectivity index (χ1v) is 8.35. The van der Waals surface area contributed by atoms with Crippen molar-refractivity contribution in [1.29, 1.82) is 0 Å². The first-order valence-electron chi connectivity index (χ1n) is 8.35. The van der Waals surface area contributed by atoms with Crippen molar-refractivity contribution >= 4 is 11.6 Å². The normalized spacial score (nSPS) is 12.3. The topological polar surface area (TPSA) is 76.7 Å². The van der Waals surface area contributed by atoms with Crippen molar-refractivity contribution in [3.63, 3.8) is 0 Å². The third kappa shape index (κ3) is 3.63. The van der Waals surface area contributed by atoms with Crippen molar-refractivity contribution in [1.82, 2.24) is 14.6 Å². The lowest BCUT2D eigenvalue weighted by atomic mass is 10.1. The summed E-state index contributed by atoms with van der Waals surface area (Å²) >= 11 is 0. The van der Waals surface area contributed by atoms with Gasteiger partial charge in [0.2, 0.25) is 0 Å². The van der Waals surface area contributed by atoms with Crippen LogP contribution in [0.25, 0.3) is 16.9 Å². The zero-order valence-electron chi connectivity index (χ0n) is 14.6. The van der Waals surface area contributed by atoms with Crippen LogP contribution in [0.2, 0.25) is 0 Å². The number of benzene rings is 1. The Hall–Kier alpha value is -2.89. The van der Waals surface area contributed by atoms with Gasteiger partial charge in [-0.3, -0.25) is 0 Å². The van der Waals surface area contributed by atoms with E-state index in [-0.39, 0.29) is 11.8 Å². The van der Waals surface area contributed by atoms with Gasteiger partial charge in [0.15, 0.2) is 11.3 Å². The Morgan fingerprint density at radius 3 is 2.64 bits per heavy atom. The molecule has 0 spiro atoms. The molecule has 2 aromatic heterocycles. The van der Waals surface area contributed by atoms with Gasteiger partial charge in [-0.15, -0.1) is 0 Å². The molecular formula is C19H21N3O3. The molecule has 1 aromatic carbocycles. The Bertz CT molecular complexity index is 900. The number of hydrogen-bond donors (Lipinski definition) is 1. The summed E-state index contributed by atoms with van der Waals surface area (Å²) in [5, 5.41) is 13.1. The van der Waals surface area contributed by atoms with Crippen LogP contribution in [-0.2, 0) is 0 Å². The average Bonchev–Trinajstić information content (AvgIpc) is 3.01. The summed E-state index contributed by atoms with van der Waals surface area (Å²) in [4.78, 5) is 15.6. The first-order chi connectivity index (χ1) is 12.0. The highest BCUT2D eigenvalue weighted by Gasteiger charge is 2.13. The number of hydrogen-bond acceptors (Lipinski definition) is 4. The summed E-state index contributed by atoms with van der Waals surface area (Å²) in [6.07, 6.45) is 2.30. The lowest BCUT2D eigenvalue weighted by Gasteiger charge is -2.14. The molecular weight excluding hydrogens is 318 g/mol. The standard InChI is InChI=1S/C19H21N3O3/c1-4-5-13(3)25-15-8-6-14(7-9-15)16-10-12(2)22-18(20-16)11-17(21-22)19(23)24/h6-11,13H,4-5H2,1-3H3,(H,23,24)/t13-/m0/s1. The predicted octanol–water partition coefficient (Wildman–Crippen LogP) is 3.97. The van der Waals surface area contributed by atoms with Gasteiger partial charge in [-0.05, 0) is 50.6 Å². The van der Waals surface area contributed by atoms with Crippen LogP contribution in [0, 0.1) is 6.92 Å². The van der Waals surface area contributed by atoms with E-state index in [0.717, 1.165) is 35.5 Å². The molecule has 6 nitrogen and oxygen atoms in total. The number of carboxylic acid groups (broad SMARTS) is 1. The predicted molar refractivity (Wildman–Crippen MR) is 95.1 cm³/mol. The fourth-order valence-electron chi connectivity index (χ4n) is 2.78. The maximum absolute atomic E-state index is 11.1. The Morgan fingerprint density at radius 1 is 1.28 bits per heavy atom. The Morgan fingerprint density at radius 2 is 2.00 bits per heavy atom. The van der Waals surface area contributed by atoms with E-state index in [9.17, 15) is 4.79 Å². The molecule has 0 aliphatic rings. The van der Waals surface area contributed by atoms with Gasteiger partial charge in [-0.2, -0.15) is 5.10 Å². The van der Waals surface area contributed by atoms with Crippen LogP contribution in [-0.4, -0.2) is 31.8 Å². The van der Waals surface area contributed by atoms with Crippen molar-refractivity contribution in [2.45, 2.75) is 39.7 Å². The average molecular weight is 339 g/mol. The van der Waals surface area contributed by atoms with E-state index in [4.69, 9.17) is 9.84 Å². The smallest absolute Gasteiger partial charge is 0.356 e. The zero-order valence-corrected chi connectivity index (χ0v) is 14.6. The van der Waals surface area contributed by atoms with Gasteiger partial charge in [-0.1, -0.05) is 13.3 Å². The number of nitrogens with zero attached hydrogens (tertiary/aromatic N) is 3. The van der Waals surface area contributed by atoms with Gasteiger partial charge in [0.05, 0.1) is 11.8 Å². The summed E-state index contributed by atoms with van der Waals surface area (Å²) in [5.74, 6) is -0.228. The summed E-state index contributed by atoms with van der Waals surface area (Å²) in [7, 11) is 0. The van der Waals surface area contributed by atoms with Crippen molar-refractivity contribution in [3.8, 4) is 17.0 Å². The molecule has 3 aromatic rings. The maximum atomic E-state index is 11.1. The monoisotopic (exact) mass is 339 g/mol. The molecule has 2 heterocycles. The number of aryl methyl sites for hydroxylation is 1. The number of carbonyl (C=O) groups is 1. The second kappa shape index (κ2) is 6.93. The number of rotatable bonds is 6. The highest BCUT2D eigenvalue weighted by Crippen LogP contribution is 2.23. The van der Waals surface area contributed by atoms with Gasteiger partial charge < -0.3 is 9.84 Å². The number of aromatic carboxylic acids is 1. The van der Waals surface area contributed by atoms with Crippen LogP contribution < -0.4 is 4.74 Å². The van der Waals surface area contributed by atoms with E-state index < -0.39 is 5.97 Å². The molecule has 0 bridgehead atoms. The minimum atomic E-state index is -1.06. The summed E-state index contributed by atoms with van der Waals surface area (Å²) in [5.41, 5.74) is 3.05. The molecule has 3 rings (SSSR count). The third-order valence-electron chi connectivity index (χ3n) is 4.01. The van der Waals surface area contributed by atoms with E-state index in [0.29, 0.717) is 5.65 Å². The van der Waals surface area contributed by atoms with E-state index >= 15 is 0 Å². The second-order valence-corrected chi connectivity index (χ2v) is 6.13. The first kappa shape index (κ1) is 17.0. The Balaban J connectivity index is 1.89. The number of fused-ring (bicyclic) bond motifs is 1. The van der Waals surface area contributed by atoms with Crippen LogP contribution in [0.3, 0.4) is 0 Å². The van der Waals surface area contributed by atoms with Crippen molar-refractivity contribution in [2.24, 2.45) is 0 Å². The third-order valence-corrected chi connectivity index (χ3v) is 4.01. The van der Waals surface area contributed by atoms with Crippen LogP contribution in [0.1, 0.15) is 42.9 Å². The molecule has 0 fully saturated rings. The molecule has 6 heteroatoms. The molecule has 0 aliphatic carbocycles. The zero-order chi connectivity index (χ0) is 18.0.